The molecule has 1 aliphatic rings. The Bertz CT molecular complexity index is 688. The average molecular weight is 479 g/mol. The molecule has 0 N–H and O–H groups in total. The van der Waals surface area contributed by atoms with Gasteiger partial charge in [-0.3, -0.25) is 0 Å². The van der Waals surface area contributed by atoms with Gasteiger partial charge in [0, 0.05) is 16.5 Å². The van der Waals surface area contributed by atoms with Crippen molar-refractivity contribution in [1.29, 1.82) is 0 Å². The monoisotopic (exact) mass is 476 g/mol. The van der Waals surface area contributed by atoms with Gasteiger partial charge in [0.25, 0.3) is 0 Å². The summed E-state index contributed by atoms with van der Waals surface area (Å²) in [5, 5.41) is 1.33. The summed E-state index contributed by atoms with van der Waals surface area (Å²) in [6, 6.07) is 10.9. The standard InChI is InChI=1S/C17H12Br2Cl2O2/c18-14-7-10(20)1-5-16(14)22-12-3-4-13(9-12)23-17-6-2-11(21)8-15(17)19/h1-8,12-13H,9H2/t12-,13+. The van der Waals surface area contributed by atoms with Crippen molar-refractivity contribution in [3.8, 4) is 11.5 Å². The molecule has 2 aromatic carbocycles. The van der Waals surface area contributed by atoms with Gasteiger partial charge < -0.3 is 9.47 Å². The van der Waals surface area contributed by atoms with Gasteiger partial charge in [-0.15, -0.1) is 0 Å². The minimum absolute atomic E-state index is 0.0384. The first-order valence-electron chi connectivity index (χ1n) is 6.93. The van der Waals surface area contributed by atoms with Crippen LogP contribution >= 0.6 is 55.1 Å². The van der Waals surface area contributed by atoms with E-state index in [1.165, 1.54) is 0 Å². The highest BCUT2D eigenvalue weighted by molar-refractivity contribution is 9.10. The zero-order valence-corrected chi connectivity index (χ0v) is 16.5. The topological polar surface area (TPSA) is 18.5 Å². The second kappa shape index (κ2) is 7.47. The smallest absolute Gasteiger partial charge is 0.134 e. The van der Waals surface area contributed by atoms with Crippen molar-refractivity contribution in [1.82, 2.24) is 0 Å². The Labute approximate surface area is 161 Å². The molecule has 0 amide bonds. The maximum absolute atomic E-state index is 5.97. The zero-order valence-electron chi connectivity index (χ0n) is 11.8. The van der Waals surface area contributed by atoms with E-state index >= 15 is 0 Å². The van der Waals surface area contributed by atoms with E-state index < -0.39 is 0 Å². The van der Waals surface area contributed by atoms with Crippen LogP contribution in [0.4, 0.5) is 0 Å². The third-order valence-electron chi connectivity index (χ3n) is 3.35. The largest absolute Gasteiger partial charge is 0.485 e. The minimum Gasteiger partial charge on any atom is -0.485 e. The Morgan fingerprint density at radius 2 is 1.22 bits per heavy atom. The highest BCUT2D eigenvalue weighted by Crippen LogP contribution is 2.33. The van der Waals surface area contributed by atoms with E-state index in [4.69, 9.17) is 32.7 Å². The van der Waals surface area contributed by atoms with Crippen LogP contribution in [0.2, 0.25) is 10.0 Å². The molecule has 3 rings (SSSR count). The van der Waals surface area contributed by atoms with Gasteiger partial charge in [-0.25, -0.2) is 0 Å². The summed E-state index contributed by atoms with van der Waals surface area (Å²) < 4.78 is 13.6. The summed E-state index contributed by atoms with van der Waals surface area (Å²) >= 11 is 18.8. The first-order chi connectivity index (χ1) is 11.0. The third kappa shape index (κ3) is 4.44. The van der Waals surface area contributed by atoms with Crippen molar-refractivity contribution in [2.75, 3.05) is 0 Å². The summed E-state index contributed by atoms with van der Waals surface area (Å²) in [6.07, 6.45) is 4.68. The lowest BCUT2D eigenvalue weighted by Gasteiger charge is -2.17. The molecule has 2 aromatic rings. The van der Waals surface area contributed by atoms with Crippen LogP contribution in [0.3, 0.4) is 0 Å². The second-order valence-corrected chi connectivity index (χ2v) is 7.66. The summed E-state index contributed by atoms with van der Waals surface area (Å²) in [5.41, 5.74) is 0. The van der Waals surface area contributed by atoms with E-state index in [9.17, 15) is 0 Å². The fraction of sp³-hybridized carbons (Fsp3) is 0.176. The number of rotatable bonds is 4. The van der Waals surface area contributed by atoms with E-state index in [1.54, 1.807) is 12.1 Å². The predicted molar refractivity (Wildman–Crippen MR) is 101 cm³/mol. The fourth-order valence-electron chi connectivity index (χ4n) is 2.28. The fourth-order valence-corrected chi connectivity index (χ4v) is 3.83. The Hall–Kier alpha value is -0.680. The van der Waals surface area contributed by atoms with E-state index in [1.807, 2.05) is 36.4 Å². The molecular formula is C17H12Br2Cl2O2. The van der Waals surface area contributed by atoms with Crippen molar-refractivity contribution in [3.63, 3.8) is 0 Å². The highest BCUT2D eigenvalue weighted by Gasteiger charge is 2.23. The molecule has 120 valence electrons. The van der Waals surface area contributed by atoms with Crippen LogP contribution < -0.4 is 9.47 Å². The lowest BCUT2D eigenvalue weighted by molar-refractivity contribution is 0.179. The molecule has 0 spiro atoms. The third-order valence-corrected chi connectivity index (χ3v) is 5.06. The second-order valence-electron chi connectivity index (χ2n) is 5.08. The molecule has 0 bridgehead atoms. The normalized spacial score (nSPS) is 19.8. The van der Waals surface area contributed by atoms with Crippen molar-refractivity contribution >= 4 is 55.1 Å². The molecule has 6 heteroatoms. The Balaban J connectivity index is 1.61. The van der Waals surface area contributed by atoms with Gasteiger partial charge >= 0.3 is 0 Å². The van der Waals surface area contributed by atoms with Crippen molar-refractivity contribution in [2.24, 2.45) is 0 Å². The van der Waals surface area contributed by atoms with Crippen LogP contribution in [0.5, 0.6) is 11.5 Å². The average Bonchev–Trinajstić information content (AvgIpc) is 2.92. The van der Waals surface area contributed by atoms with Crippen LogP contribution in [0, 0.1) is 0 Å². The molecule has 0 aromatic heterocycles. The Kier molecular flexibility index (Phi) is 5.57. The molecule has 0 heterocycles. The summed E-state index contributed by atoms with van der Waals surface area (Å²) in [5.74, 6) is 1.52. The highest BCUT2D eigenvalue weighted by atomic mass is 79.9. The van der Waals surface area contributed by atoms with Gasteiger partial charge in [0.1, 0.15) is 23.7 Å². The van der Waals surface area contributed by atoms with Crippen LogP contribution in [-0.2, 0) is 0 Å². The van der Waals surface area contributed by atoms with Gasteiger partial charge in [0.2, 0.25) is 0 Å². The molecule has 0 radical (unpaired) electrons. The molecule has 0 aliphatic heterocycles. The van der Waals surface area contributed by atoms with E-state index in [2.05, 4.69) is 31.9 Å². The minimum atomic E-state index is -0.0384. The molecule has 2 atom stereocenters. The van der Waals surface area contributed by atoms with E-state index in [0.717, 1.165) is 26.9 Å². The molecule has 0 unspecified atom stereocenters. The molecule has 0 fully saturated rings. The van der Waals surface area contributed by atoms with Crippen LogP contribution in [0.15, 0.2) is 57.5 Å². The van der Waals surface area contributed by atoms with Gasteiger partial charge in [0.05, 0.1) is 8.95 Å². The lowest BCUT2D eigenvalue weighted by atomic mass is 10.2. The van der Waals surface area contributed by atoms with Gasteiger partial charge in [-0.1, -0.05) is 23.2 Å². The quantitative estimate of drug-likeness (QED) is 0.457. The molecule has 0 saturated heterocycles. The molecule has 23 heavy (non-hydrogen) atoms. The maximum Gasteiger partial charge on any atom is 0.134 e. The van der Waals surface area contributed by atoms with Gasteiger partial charge in [-0.2, -0.15) is 0 Å². The predicted octanol–water partition coefficient (Wildman–Crippen LogP) is 6.67. The van der Waals surface area contributed by atoms with Crippen molar-refractivity contribution < 1.29 is 9.47 Å². The maximum atomic E-state index is 5.97. The van der Waals surface area contributed by atoms with E-state index in [-0.39, 0.29) is 12.2 Å². The number of benzene rings is 2. The lowest BCUT2D eigenvalue weighted by Crippen LogP contribution is -2.18. The molecule has 2 nitrogen and oxygen atoms in total. The zero-order chi connectivity index (χ0) is 16.4. The summed E-state index contributed by atoms with van der Waals surface area (Å²) in [6.45, 7) is 0. The molecule has 1 aliphatic carbocycles. The number of hydrogen-bond acceptors (Lipinski definition) is 2. The van der Waals surface area contributed by atoms with Crippen molar-refractivity contribution in [3.05, 3.63) is 67.5 Å². The van der Waals surface area contributed by atoms with Gasteiger partial charge in [0.15, 0.2) is 0 Å². The number of halogens is 4. The van der Waals surface area contributed by atoms with Gasteiger partial charge in [-0.05, 0) is 80.4 Å². The Morgan fingerprint density at radius 1 is 0.783 bits per heavy atom. The number of ether oxygens (including phenoxy) is 2. The molecular weight excluding hydrogens is 467 g/mol. The SMILES string of the molecule is Clc1ccc(O[C@@H]2C=C[C@H](Oc3ccc(Cl)cc3Br)C2)c(Br)c1. The number of hydrogen-bond donors (Lipinski definition) is 0. The molecule has 0 saturated carbocycles. The Morgan fingerprint density at radius 3 is 1.61 bits per heavy atom. The first kappa shape index (κ1) is 17.2. The van der Waals surface area contributed by atoms with Crippen LogP contribution in [-0.4, -0.2) is 12.2 Å². The first-order valence-corrected chi connectivity index (χ1v) is 9.27. The summed E-state index contributed by atoms with van der Waals surface area (Å²) in [4.78, 5) is 0. The van der Waals surface area contributed by atoms with Crippen molar-refractivity contribution in [2.45, 2.75) is 18.6 Å². The summed E-state index contributed by atoms with van der Waals surface area (Å²) in [7, 11) is 0. The van der Waals surface area contributed by atoms with Crippen LogP contribution in [0.25, 0.3) is 0 Å². The van der Waals surface area contributed by atoms with Crippen LogP contribution in [0.1, 0.15) is 6.42 Å². The van der Waals surface area contributed by atoms with E-state index in [0.29, 0.717) is 10.0 Å².